The maximum absolute atomic E-state index is 10.9. The zero-order valence-corrected chi connectivity index (χ0v) is 7.39. The van der Waals surface area contributed by atoms with Crippen LogP contribution in [-0.4, -0.2) is 16.6 Å². The predicted molar refractivity (Wildman–Crippen MR) is 50.6 cm³/mol. The molecule has 0 atom stereocenters. The van der Waals surface area contributed by atoms with Crippen molar-refractivity contribution < 1.29 is 5.11 Å². The molecule has 1 aromatic carbocycles. The van der Waals surface area contributed by atoms with E-state index in [1.807, 2.05) is 24.3 Å². The van der Waals surface area contributed by atoms with Crippen LogP contribution in [0.3, 0.4) is 0 Å². The van der Waals surface area contributed by atoms with Crippen molar-refractivity contribution in [2.24, 2.45) is 0 Å². The molecule has 2 aromatic rings. The first-order valence-electron chi connectivity index (χ1n) is 3.39. The second-order valence-electron chi connectivity index (χ2n) is 2.03. The van der Waals surface area contributed by atoms with Gasteiger partial charge in [0.1, 0.15) is 0 Å². The van der Waals surface area contributed by atoms with Gasteiger partial charge in [-0.15, -0.1) is 0 Å². The second kappa shape index (κ2) is 4.04. The van der Waals surface area contributed by atoms with Crippen molar-refractivity contribution in [1.29, 1.82) is 0 Å². The summed E-state index contributed by atoms with van der Waals surface area (Å²) in [6.07, 6.45) is 0. The van der Waals surface area contributed by atoms with Gasteiger partial charge >= 0.3 is 0 Å². The third-order valence-corrected chi connectivity index (χ3v) is 2.25. The molecule has 2 N–H and O–H groups in total. The van der Waals surface area contributed by atoms with Crippen molar-refractivity contribution in [3.63, 3.8) is 0 Å². The Kier molecular flexibility index (Phi) is 3.01. The zero-order valence-electron chi connectivity index (χ0n) is 6.57. The summed E-state index contributed by atoms with van der Waals surface area (Å²) in [5, 5.41) is 7.78. The lowest BCUT2D eigenvalue weighted by atomic mass is 10.3. The van der Waals surface area contributed by atoms with E-state index < -0.39 is 0 Å². The lowest BCUT2D eigenvalue weighted by Crippen LogP contribution is -1.94. The molecule has 0 aliphatic rings. The summed E-state index contributed by atoms with van der Waals surface area (Å²) >= 11 is 1.38. The first-order valence-corrected chi connectivity index (χ1v) is 4.20. The van der Waals surface area contributed by atoms with E-state index in [-0.39, 0.29) is 5.56 Å². The molecule has 0 aliphatic heterocycles. The molecule has 0 bridgehead atoms. The Balaban J connectivity index is 0.000000336. The molecule has 64 valence electrons. The number of nitrogens with one attached hydrogen (secondary N) is 1. The van der Waals surface area contributed by atoms with Gasteiger partial charge in [-0.25, -0.2) is 0 Å². The maximum Gasteiger partial charge on any atom is 0.265 e. The average molecular weight is 183 g/mol. The molecule has 2 rings (SSSR count). The van der Waals surface area contributed by atoms with Gasteiger partial charge in [-0.1, -0.05) is 23.7 Å². The van der Waals surface area contributed by atoms with Crippen LogP contribution >= 0.6 is 11.5 Å². The minimum atomic E-state index is 0.0144. The quantitative estimate of drug-likeness (QED) is 0.644. The maximum atomic E-state index is 10.9. The molecule has 0 spiro atoms. The van der Waals surface area contributed by atoms with E-state index in [9.17, 15) is 4.79 Å². The Labute approximate surface area is 73.4 Å². The monoisotopic (exact) mass is 183 g/mol. The Morgan fingerprint density at radius 1 is 1.33 bits per heavy atom. The van der Waals surface area contributed by atoms with E-state index in [0.717, 1.165) is 17.2 Å². The summed E-state index contributed by atoms with van der Waals surface area (Å²) in [4.78, 5) is 10.9. The van der Waals surface area contributed by atoms with Crippen LogP contribution in [0.5, 0.6) is 0 Å². The molecular weight excluding hydrogens is 174 g/mol. The van der Waals surface area contributed by atoms with Gasteiger partial charge in [0.2, 0.25) is 0 Å². The first kappa shape index (κ1) is 8.96. The fraction of sp³-hybridized carbons (Fsp3) is 0.125. The number of hydrogen-bond donors (Lipinski definition) is 2. The number of hydrogen-bond acceptors (Lipinski definition) is 3. The Morgan fingerprint density at radius 3 is 2.67 bits per heavy atom. The topological polar surface area (TPSA) is 53.1 Å². The van der Waals surface area contributed by atoms with Crippen LogP contribution in [0.4, 0.5) is 0 Å². The molecule has 0 saturated carbocycles. The van der Waals surface area contributed by atoms with Gasteiger partial charge in [-0.3, -0.25) is 9.17 Å². The van der Waals surface area contributed by atoms with Crippen LogP contribution in [0.25, 0.3) is 10.1 Å². The fourth-order valence-electron chi connectivity index (χ4n) is 0.900. The molecule has 12 heavy (non-hydrogen) atoms. The number of H-pyrrole nitrogens is 1. The summed E-state index contributed by atoms with van der Waals surface area (Å²) in [5.74, 6) is 0. The van der Waals surface area contributed by atoms with Gasteiger partial charge in [-0.2, -0.15) is 0 Å². The van der Waals surface area contributed by atoms with Crippen molar-refractivity contribution in [1.82, 2.24) is 4.37 Å². The van der Waals surface area contributed by atoms with Gasteiger partial charge in [0.05, 0.1) is 10.1 Å². The summed E-state index contributed by atoms with van der Waals surface area (Å²) in [5.41, 5.74) is 0.0144. The molecule has 0 amide bonds. The highest BCUT2D eigenvalue weighted by molar-refractivity contribution is 7.13. The lowest BCUT2D eigenvalue weighted by molar-refractivity contribution is 0.399. The molecule has 0 fully saturated rings. The van der Waals surface area contributed by atoms with Gasteiger partial charge in [0.15, 0.2) is 0 Å². The molecule has 3 nitrogen and oxygen atoms in total. The molecule has 0 unspecified atom stereocenters. The number of aromatic amines is 1. The molecule has 1 aromatic heterocycles. The normalized spacial score (nSPS) is 9.17. The summed E-state index contributed by atoms with van der Waals surface area (Å²) in [6, 6.07) is 7.54. The highest BCUT2D eigenvalue weighted by Gasteiger charge is 1.96. The van der Waals surface area contributed by atoms with E-state index in [2.05, 4.69) is 4.37 Å². The standard InChI is InChI=1S/C7H5NOS.CH4O/c9-7-5-3-1-2-4-6(5)10-8-7;1-2/h1-4H,(H,8,9);2H,1H3. The van der Waals surface area contributed by atoms with Crippen molar-refractivity contribution in [2.75, 3.05) is 7.11 Å². The zero-order chi connectivity index (χ0) is 8.97. The van der Waals surface area contributed by atoms with Crippen molar-refractivity contribution >= 4 is 21.6 Å². The summed E-state index contributed by atoms with van der Waals surface area (Å²) in [6.45, 7) is 0. The largest absolute Gasteiger partial charge is 0.400 e. The Morgan fingerprint density at radius 2 is 2.00 bits per heavy atom. The number of aliphatic hydroxyl groups excluding tert-OH is 1. The highest BCUT2D eigenvalue weighted by atomic mass is 32.1. The van der Waals surface area contributed by atoms with E-state index in [0.29, 0.717) is 0 Å². The van der Waals surface area contributed by atoms with Crippen LogP contribution in [-0.2, 0) is 0 Å². The van der Waals surface area contributed by atoms with Crippen LogP contribution in [0, 0.1) is 0 Å². The van der Waals surface area contributed by atoms with E-state index in [4.69, 9.17) is 5.11 Å². The van der Waals surface area contributed by atoms with Gasteiger partial charge in [0.25, 0.3) is 5.56 Å². The van der Waals surface area contributed by atoms with Gasteiger partial charge in [0, 0.05) is 7.11 Å². The minimum Gasteiger partial charge on any atom is -0.400 e. The van der Waals surface area contributed by atoms with Crippen molar-refractivity contribution in [2.45, 2.75) is 0 Å². The SMILES string of the molecule is CO.O=c1[nH]sc2ccccc12. The molecule has 4 heteroatoms. The van der Waals surface area contributed by atoms with Gasteiger partial charge in [-0.05, 0) is 12.1 Å². The predicted octanol–water partition coefficient (Wildman–Crippen LogP) is 1.20. The first-order chi connectivity index (χ1) is 5.88. The van der Waals surface area contributed by atoms with Crippen molar-refractivity contribution in [3.8, 4) is 0 Å². The van der Waals surface area contributed by atoms with Crippen LogP contribution < -0.4 is 5.56 Å². The third kappa shape index (κ3) is 1.54. The minimum absolute atomic E-state index is 0.0144. The van der Waals surface area contributed by atoms with E-state index >= 15 is 0 Å². The van der Waals surface area contributed by atoms with Crippen LogP contribution in [0.15, 0.2) is 29.1 Å². The average Bonchev–Trinajstić information content (AvgIpc) is 2.53. The molecule has 0 radical (unpaired) electrons. The van der Waals surface area contributed by atoms with Gasteiger partial charge < -0.3 is 5.11 Å². The molecule has 0 aliphatic carbocycles. The van der Waals surface area contributed by atoms with Crippen LogP contribution in [0.1, 0.15) is 0 Å². The number of aliphatic hydroxyl groups is 1. The number of rotatable bonds is 0. The highest BCUT2D eigenvalue weighted by Crippen LogP contribution is 2.11. The molecule has 1 heterocycles. The summed E-state index contributed by atoms with van der Waals surface area (Å²) in [7, 11) is 1.00. The number of fused-ring (bicyclic) bond motifs is 1. The second-order valence-corrected chi connectivity index (χ2v) is 2.88. The number of benzene rings is 1. The number of aromatic nitrogens is 1. The Hall–Kier alpha value is -1.13. The molecular formula is C8H9NO2S. The van der Waals surface area contributed by atoms with Crippen LogP contribution in [0.2, 0.25) is 0 Å². The summed E-state index contributed by atoms with van der Waals surface area (Å²) < 4.78 is 3.68. The lowest BCUT2D eigenvalue weighted by Gasteiger charge is -1.79. The fourth-order valence-corrected chi connectivity index (χ4v) is 1.63. The Bertz CT molecular complexity index is 404. The smallest absolute Gasteiger partial charge is 0.265 e. The molecule has 0 saturated heterocycles. The van der Waals surface area contributed by atoms with E-state index in [1.54, 1.807) is 0 Å². The third-order valence-electron chi connectivity index (χ3n) is 1.39. The van der Waals surface area contributed by atoms with E-state index in [1.165, 1.54) is 11.5 Å². The van der Waals surface area contributed by atoms with Crippen molar-refractivity contribution in [3.05, 3.63) is 34.6 Å².